The molecule has 3 N–H and O–H groups in total. The fourth-order valence-electron chi connectivity index (χ4n) is 6.05. The van der Waals surface area contributed by atoms with Crippen molar-refractivity contribution in [1.82, 2.24) is 10.2 Å². The Bertz CT molecular complexity index is 552. The van der Waals surface area contributed by atoms with Gasteiger partial charge in [-0.3, -0.25) is 15.1 Å². The van der Waals surface area contributed by atoms with Gasteiger partial charge >= 0.3 is 0 Å². The van der Waals surface area contributed by atoms with Crippen molar-refractivity contribution in [2.24, 2.45) is 17.8 Å². The van der Waals surface area contributed by atoms with Gasteiger partial charge in [0, 0.05) is 0 Å². The van der Waals surface area contributed by atoms with E-state index in [4.69, 9.17) is 5.41 Å². The monoisotopic (exact) mass is 405 g/mol. The zero-order chi connectivity index (χ0) is 20.9. The van der Waals surface area contributed by atoms with E-state index in [9.17, 15) is 9.90 Å². The molecule has 0 aromatic heterocycles. The van der Waals surface area contributed by atoms with E-state index in [2.05, 4.69) is 19.2 Å². The van der Waals surface area contributed by atoms with Gasteiger partial charge < -0.3 is 10.4 Å². The Morgan fingerprint density at radius 2 is 1.66 bits per heavy atom. The van der Waals surface area contributed by atoms with Crippen molar-refractivity contribution in [1.29, 1.82) is 5.41 Å². The molecule has 3 aliphatic rings. The maximum atomic E-state index is 13.8. The number of aliphatic hydroxyl groups excluding tert-OH is 1. The molecule has 1 heterocycles. The van der Waals surface area contributed by atoms with E-state index in [1.165, 1.54) is 64.2 Å². The van der Waals surface area contributed by atoms with Gasteiger partial charge in [0.15, 0.2) is 5.96 Å². The van der Waals surface area contributed by atoms with Gasteiger partial charge in [-0.1, -0.05) is 78.1 Å². The van der Waals surface area contributed by atoms with Crippen molar-refractivity contribution in [3.8, 4) is 0 Å². The molecule has 2 aliphatic carbocycles. The van der Waals surface area contributed by atoms with Crippen molar-refractivity contribution in [3.63, 3.8) is 0 Å². The summed E-state index contributed by atoms with van der Waals surface area (Å²) in [5.41, 5.74) is -0.624. The second-order valence-electron chi connectivity index (χ2n) is 10.4. The molecular formula is C24H43N3O2. The fourth-order valence-corrected chi connectivity index (χ4v) is 6.05. The largest absolute Gasteiger partial charge is 0.394 e. The summed E-state index contributed by atoms with van der Waals surface area (Å²) in [4.78, 5) is 15.4. The van der Waals surface area contributed by atoms with Gasteiger partial charge in [-0.05, 0) is 43.4 Å². The van der Waals surface area contributed by atoms with Crippen LogP contribution in [0.4, 0.5) is 0 Å². The molecule has 29 heavy (non-hydrogen) atoms. The lowest BCUT2D eigenvalue weighted by atomic mass is 9.75. The number of carbonyl (C=O) groups excluding carboxylic acids is 1. The predicted molar refractivity (Wildman–Crippen MR) is 118 cm³/mol. The van der Waals surface area contributed by atoms with Crippen LogP contribution in [0.5, 0.6) is 0 Å². The van der Waals surface area contributed by atoms with Crippen LogP contribution in [0.3, 0.4) is 0 Å². The average Bonchev–Trinajstić information content (AvgIpc) is 2.96. The summed E-state index contributed by atoms with van der Waals surface area (Å²) in [6, 6.07) is -0.287. The third-order valence-electron chi connectivity index (χ3n) is 7.61. The van der Waals surface area contributed by atoms with E-state index in [0.717, 1.165) is 31.6 Å². The molecule has 1 saturated heterocycles. The van der Waals surface area contributed by atoms with Crippen molar-refractivity contribution < 1.29 is 9.90 Å². The topological polar surface area (TPSA) is 76.4 Å². The minimum absolute atomic E-state index is 0.0589. The molecule has 5 nitrogen and oxygen atoms in total. The van der Waals surface area contributed by atoms with Gasteiger partial charge in [0.25, 0.3) is 5.91 Å². The Morgan fingerprint density at radius 3 is 2.21 bits per heavy atom. The highest BCUT2D eigenvalue weighted by Crippen LogP contribution is 2.39. The van der Waals surface area contributed by atoms with E-state index in [1.54, 1.807) is 4.90 Å². The van der Waals surface area contributed by atoms with E-state index in [0.29, 0.717) is 11.8 Å². The zero-order valence-electron chi connectivity index (χ0n) is 18.7. The number of nitrogens with zero attached hydrogens (tertiary/aromatic N) is 1. The molecule has 2 saturated carbocycles. The molecule has 0 aromatic carbocycles. The van der Waals surface area contributed by atoms with Gasteiger partial charge in [0.2, 0.25) is 0 Å². The molecular weight excluding hydrogens is 362 g/mol. The van der Waals surface area contributed by atoms with Crippen molar-refractivity contribution in [2.75, 3.05) is 6.61 Å². The summed E-state index contributed by atoms with van der Waals surface area (Å²) in [5, 5.41) is 22.0. The number of hydrogen-bond donors (Lipinski definition) is 3. The Morgan fingerprint density at radius 1 is 1.07 bits per heavy atom. The lowest BCUT2D eigenvalue weighted by Crippen LogP contribution is -2.50. The lowest BCUT2D eigenvalue weighted by molar-refractivity contribution is -0.134. The van der Waals surface area contributed by atoms with Crippen LogP contribution < -0.4 is 5.32 Å². The maximum absolute atomic E-state index is 13.8. The summed E-state index contributed by atoms with van der Waals surface area (Å²) < 4.78 is 0. The fraction of sp³-hybridized carbons (Fsp3) is 0.917. The van der Waals surface area contributed by atoms with Crippen molar-refractivity contribution in [3.05, 3.63) is 0 Å². The molecule has 2 atom stereocenters. The summed E-state index contributed by atoms with van der Waals surface area (Å²) in [5.74, 6) is 1.96. The Labute approximate surface area is 177 Å². The van der Waals surface area contributed by atoms with Gasteiger partial charge in [-0.15, -0.1) is 0 Å². The average molecular weight is 406 g/mol. The number of aliphatic hydroxyl groups is 1. The molecule has 0 aromatic rings. The normalized spacial score (nSPS) is 28.2. The smallest absolute Gasteiger partial charge is 0.255 e. The molecule has 3 fully saturated rings. The molecule has 5 heteroatoms. The molecule has 3 rings (SSSR count). The van der Waals surface area contributed by atoms with E-state index < -0.39 is 5.54 Å². The minimum atomic E-state index is -0.624. The molecule has 0 bridgehead atoms. The number of nitrogens with one attached hydrogen (secondary N) is 2. The van der Waals surface area contributed by atoms with Gasteiger partial charge in [0.05, 0.1) is 12.6 Å². The Kier molecular flexibility index (Phi) is 8.00. The number of amides is 1. The van der Waals surface area contributed by atoms with Crippen LogP contribution in [0, 0.1) is 23.2 Å². The zero-order valence-corrected chi connectivity index (χ0v) is 18.7. The number of guanidine groups is 1. The minimum Gasteiger partial charge on any atom is -0.394 e. The Hall–Kier alpha value is -1.10. The van der Waals surface area contributed by atoms with E-state index in [-0.39, 0.29) is 24.5 Å². The molecule has 0 unspecified atom stereocenters. The van der Waals surface area contributed by atoms with Gasteiger partial charge in [0.1, 0.15) is 5.54 Å². The molecule has 166 valence electrons. The van der Waals surface area contributed by atoms with Crippen LogP contribution in [-0.4, -0.2) is 40.1 Å². The summed E-state index contributed by atoms with van der Waals surface area (Å²) >= 11 is 0. The quantitative estimate of drug-likeness (QED) is 0.514. The molecule has 1 aliphatic heterocycles. The highest BCUT2D eigenvalue weighted by Gasteiger charge is 2.52. The number of hydrogen-bond acceptors (Lipinski definition) is 3. The Balaban J connectivity index is 1.77. The highest BCUT2D eigenvalue weighted by molar-refractivity contribution is 6.08. The van der Waals surface area contributed by atoms with Crippen LogP contribution >= 0.6 is 0 Å². The lowest BCUT2D eigenvalue weighted by Gasteiger charge is -2.35. The van der Waals surface area contributed by atoms with Crippen LogP contribution in [0.15, 0.2) is 0 Å². The summed E-state index contributed by atoms with van der Waals surface area (Å²) in [6.07, 6.45) is 16.4. The first-order chi connectivity index (χ1) is 13.9. The molecule has 1 amide bonds. The van der Waals surface area contributed by atoms with Gasteiger partial charge in [-0.25, -0.2) is 0 Å². The standard InChI is InChI=1S/C24H43N3O2/c1-18(2)15-21(17-28)27-22(29)24(26-23(27)25,16-20-11-7-4-8-12-20)14-13-19-9-5-3-6-10-19/h18-21,28H,3-17H2,1-2H3,(H2,25,26)/t21-,24-/m1/s1. The highest BCUT2D eigenvalue weighted by atomic mass is 16.3. The SMILES string of the molecule is CC(C)C[C@H](CO)N1C(=N)N[C@](CCC2CCCCC2)(CC2CCCCC2)C1=O. The first-order valence-corrected chi connectivity index (χ1v) is 12.3. The third-order valence-corrected chi connectivity index (χ3v) is 7.61. The van der Waals surface area contributed by atoms with Crippen LogP contribution in [0.25, 0.3) is 0 Å². The molecule has 0 spiro atoms. The number of rotatable bonds is 9. The summed E-state index contributed by atoms with van der Waals surface area (Å²) in [7, 11) is 0. The van der Waals surface area contributed by atoms with Crippen LogP contribution in [0.2, 0.25) is 0 Å². The maximum Gasteiger partial charge on any atom is 0.255 e. The van der Waals surface area contributed by atoms with E-state index >= 15 is 0 Å². The second-order valence-corrected chi connectivity index (χ2v) is 10.4. The first-order valence-electron chi connectivity index (χ1n) is 12.3. The summed E-state index contributed by atoms with van der Waals surface area (Å²) in [6.45, 7) is 4.15. The van der Waals surface area contributed by atoms with Gasteiger partial charge in [-0.2, -0.15) is 0 Å². The number of carbonyl (C=O) groups is 1. The van der Waals surface area contributed by atoms with E-state index in [1.807, 2.05) is 0 Å². The van der Waals surface area contributed by atoms with Crippen molar-refractivity contribution >= 4 is 11.9 Å². The van der Waals surface area contributed by atoms with Crippen molar-refractivity contribution in [2.45, 2.75) is 115 Å². The first kappa shape index (κ1) is 22.6. The second kappa shape index (κ2) is 10.3. The predicted octanol–water partition coefficient (Wildman–Crippen LogP) is 4.83. The van der Waals surface area contributed by atoms with Crippen LogP contribution in [-0.2, 0) is 4.79 Å². The molecule has 0 radical (unpaired) electrons. The van der Waals surface area contributed by atoms with Crippen LogP contribution in [0.1, 0.15) is 104 Å². The third kappa shape index (κ3) is 5.53.